The number of hydrogen-bond acceptors (Lipinski definition) is 4. The van der Waals surface area contributed by atoms with Crippen molar-refractivity contribution in [3.05, 3.63) is 65.2 Å². The van der Waals surface area contributed by atoms with Crippen LogP contribution in [0.3, 0.4) is 0 Å². The van der Waals surface area contributed by atoms with Gasteiger partial charge in [0, 0.05) is 5.56 Å². The third kappa shape index (κ3) is 3.92. The molecule has 0 saturated heterocycles. The van der Waals surface area contributed by atoms with E-state index in [2.05, 4.69) is 51.9 Å². The maximum absolute atomic E-state index is 7.18. The van der Waals surface area contributed by atoms with Crippen LogP contribution in [0.5, 0.6) is 0 Å². The second kappa shape index (κ2) is 7.27. The molecule has 3 rings (SSSR count). The topological polar surface area (TPSA) is 87.2 Å². The Kier molecular flexibility index (Phi) is 4.90. The monoisotopic (exact) mass is 349 g/mol. The summed E-state index contributed by atoms with van der Waals surface area (Å²) in [4.78, 5) is 5.64. The fraction of sp³-hybridized carbons (Fsp3) is 0.105. The van der Waals surface area contributed by atoms with E-state index in [1.807, 2.05) is 32.0 Å². The summed E-state index contributed by atoms with van der Waals surface area (Å²) in [5.74, 6) is -0.182. The zero-order chi connectivity index (χ0) is 17.8. The van der Waals surface area contributed by atoms with E-state index in [4.69, 9.17) is 11.1 Å². The Hall–Kier alpha value is -2.99. The highest BCUT2D eigenvalue weighted by atomic mass is 32.1. The summed E-state index contributed by atoms with van der Waals surface area (Å²) < 4.78 is 0. The lowest BCUT2D eigenvalue weighted by Crippen LogP contribution is -2.26. The number of nitrogens with zero attached hydrogens (tertiary/aromatic N) is 2. The minimum Gasteiger partial charge on any atom is -0.369 e. The van der Waals surface area contributed by atoms with Crippen LogP contribution in [-0.2, 0) is 0 Å². The molecule has 0 aliphatic rings. The third-order valence-corrected chi connectivity index (χ3v) is 5.02. The van der Waals surface area contributed by atoms with Crippen LogP contribution in [-0.4, -0.2) is 16.7 Å². The zero-order valence-electron chi connectivity index (χ0n) is 14.1. The number of aromatic nitrogens is 1. The molecule has 0 atom stereocenters. The van der Waals surface area contributed by atoms with Crippen LogP contribution in [0.15, 0.2) is 59.7 Å². The number of guanidine groups is 1. The van der Waals surface area contributed by atoms with Crippen molar-refractivity contribution in [3.8, 4) is 21.7 Å². The van der Waals surface area contributed by atoms with Crippen molar-refractivity contribution in [3.63, 3.8) is 0 Å². The summed E-state index contributed by atoms with van der Waals surface area (Å²) in [6.45, 7) is 3.83. The van der Waals surface area contributed by atoms with E-state index in [0.29, 0.717) is 0 Å². The standard InChI is InChI=1S/C19H19N5S/c1-12-17(13(2)23-24-19(20)21)25-18(22-12)16-10-8-15(9-11-16)14-6-4-3-5-7-14/h3-11H,1-2H3,(H4,20,21,24)/b23-13+. The van der Waals surface area contributed by atoms with Gasteiger partial charge >= 0.3 is 0 Å². The maximum atomic E-state index is 7.18. The Balaban J connectivity index is 1.87. The molecule has 0 unspecified atom stereocenters. The smallest absolute Gasteiger partial charge is 0.206 e. The van der Waals surface area contributed by atoms with Crippen LogP contribution in [0.4, 0.5) is 0 Å². The van der Waals surface area contributed by atoms with Crippen molar-refractivity contribution in [2.45, 2.75) is 13.8 Å². The van der Waals surface area contributed by atoms with E-state index >= 15 is 0 Å². The van der Waals surface area contributed by atoms with Crippen molar-refractivity contribution < 1.29 is 0 Å². The minimum atomic E-state index is -0.182. The third-order valence-electron chi connectivity index (χ3n) is 3.71. The lowest BCUT2D eigenvalue weighted by Gasteiger charge is -2.02. The van der Waals surface area contributed by atoms with Gasteiger partial charge in [-0.3, -0.25) is 5.41 Å². The number of hydrazone groups is 1. The molecule has 3 aromatic rings. The van der Waals surface area contributed by atoms with Crippen molar-refractivity contribution in [2.24, 2.45) is 10.8 Å². The fourth-order valence-electron chi connectivity index (χ4n) is 2.49. The number of thiazole rings is 1. The second-order valence-corrected chi connectivity index (χ2v) is 6.60. The first kappa shape index (κ1) is 16.9. The molecule has 0 aliphatic heterocycles. The van der Waals surface area contributed by atoms with Gasteiger partial charge in [-0.15, -0.1) is 11.3 Å². The van der Waals surface area contributed by atoms with E-state index in [1.165, 1.54) is 11.1 Å². The molecule has 0 bridgehead atoms. The van der Waals surface area contributed by atoms with Gasteiger partial charge in [0.05, 0.1) is 16.3 Å². The highest BCUT2D eigenvalue weighted by Crippen LogP contribution is 2.30. The molecule has 1 aromatic heterocycles. The predicted molar refractivity (Wildman–Crippen MR) is 105 cm³/mol. The first-order valence-electron chi connectivity index (χ1n) is 7.82. The average molecular weight is 349 g/mol. The zero-order valence-corrected chi connectivity index (χ0v) is 14.9. The molecule has 0 saturated carbocycles. The number of nitrogens with two attached hydrogens (primary N) is 1. The largest absolute Gasteiger partial charge is 0.369 e. The molecule has 0 fully saturated rings. The van der Waals surface area contributed by atoms with Gasteiger partial charge in [-0.25, -0.2) is 10.4 Å². The molecule has 25 heavy (non-hydrogen) atoms. The summed E-state index contributed by atoms with van der Waals surface area (Å²) in [6.07, 6.45) is 0. The number of nitrogens with one attached hydrogen (secondary N) is 2. The molecule has 0 amide bonds. The van der Waals surface area contributed by atoms with Gasteiger partial charge in [0.1, 0.15) is 5.01 Å². The molecule has 2 aromatic carbocycles. The molecule has 126 valence electrons. The summed E-state index contributed by atoms with van der Waals surface area (Å²) in [6, 6.07) is 18.7. The molecular weight excluding hydrogens is 330 g/mol. The quantitative estimate of drug-likeness (QED) is 0.378. The molecule has 4 N–H and O–H groups in total. The van der Waals surface area contributed by atoms with Crippen molar-refractivity contribution >= 4 is 23.0 Å². The van der Waals surface area contributed by atoms with Gasteiger partial charge in [0.2, 0.25) is 5.96 Å². The molecule has 5 nitrogen and oxygen atoms in total. The molecular formula is C19H19N5S. The maximum Gasteiger partial charge on any atom is 0.206 e. The van der Waals surface area contributed by atoms with Crippen molar-refractivity contribution in [2.75, 3.05) is 0 Å². The molecule has 1 heterocycles. The van der Waals surface area contributed by atoms with Crippen LogP contribution in [0.25, 0.3) is 21.7 Å². The first-order chi connectivity index (χ1) is 12.0. The van der Waals surface area contributed by atoms with E-state index in [-0.39, 0.29) is 5.96 Å². The van der Waals surface area contributed by atoms with Gasteiger partial charge in [0.25, 0.3) is 0 Å². The van der Waals surface area contributed by atoms with Crippen LogP contribution in [0, 0.1) is 12.3 Å². The van der Waals surface area contributed by atoms with Gasteiger partial charge in [-0.1, -0.05) is 54.6 Å². The van der Waals surface area contributed by atoms with Crippen LogP contribution in [0.2, 0.25) is 0 Å². The van der Waals surface area contributed by atoms with Gasteiger partial charge in [-0.05, 0) is 25.0 Å². The van der Waals surface area contributed by atoms with Crippen molar-refractivity contribution in [1.29, 1.82) is 5.41 Å². The molecule has 0 spiro atoms. The lowest BCUT2D eigenvalue weighted by atomic mass is 10.0. The Morgan fingerprint density at radius 2 is 1.64 bits per heavy atom. The Bertz CT molecular complexity index is 911. The van der Waals surface area contributed by atoms with E-state index in [0.717, 1.165) is 26.9 Å². The van der Waals surface area contributed by atoms with Gasteiger partial charge in [-0.2, -0.15) is 5.10 Å². The van der Waals surface area contributed by atoms with Gasteiger partial charge in [0.15, 0.2) is 0 Å². The normalized spacial score (nSPS) is 11.4. The summed E-state index contributed by atoms with van der Waals surface area (Å²) in [7, 11) is 0. The summed E-state index contributed by atoms with van der Waals surface area (Å²) in [5.41, 5.74) is 12.9. The van der Waals surface area contributed by atoms with Crippen LogP contribution >= 0.6 is 11.3 Å². The minimum absolute atomic E-state index is 0.182. The van der Waals surface area contributed by atoms with E-state index in [1.54, 1.807) is 11.3 Å². The van der Waals surface area contributed by atoms with E-state index < -0.39 is 0 Å². The van der Waals surface area contributed by atoms with E-state index in [9.17, 15) is 0 Å². The Morgan fingerprint density at radius 1 is 1.04 bits per heavy atom. The molecule has 0 aliphatic carbocycles. The molecule has 0 radical (unpaired) electrons. The number of rotatable bonds is 4. The summed E-state index contributed by atoms with van der Waals surface area (Å²) in [5, 5.41) is 12.2. The number of aryl methyl sites for hydroxylation is 1. The van der Waals surface area contributed by atoms with Gasteiger partial charge < -0.3 is 5.73 Å². The average Bonchev–Trinajstić information content (AvgIpc) is 3.02. The first-order valence-corrected chi connectivity index (χ1v) is 8.64. The second-order valence-electron chi connectivity index (χ2n) is 5.60. The highest BCUT2D eigenvalue weighted by molar-refractivity contribution is 7.17. The highest BCUT2D eigenvalue weighted by Gasteiger charge is 2.12. The number of benzene rings is 2. The SMILES string of the molecule is C/C(=N\NC(=N)N)c1sc(-c2ccc(-c3ccccc3)cc2)nc1C. The predicted octanol–water partition coefficient (Wildman–Crippen LogP) is 3.99. The molecule has 6 heteroatoms. The summed E-state index contributed by atoms with van der Waals surface area (Å²) >= 11 is 1.58. The van der Waals surface area contributed by atoms with Crippen molar-refractivity contribution in [1.82, 2.24) is 10.4 Å². The lowest BCUT2D eigenvalue weighted by molar-refractivity contribution is 0.992. The van der Waals surface area contributed by atoms with Crippen LogP contribution < -0.4 is 11.2 Å². The number of hydrogen-bond donors (Lipinski definition) is 3. The Labute approximate surface area is 150 Å². The fourth-order valence-corrected chi connectivity index (χ4v) is 3.50. The van der Waals surface area contributed by atoms with Crippen LogP contribution in [0.1, 0.15) is 17.5 Å². The Morgan fingerprint density at radius 3 is 2.28 bits per heavy atom.